The zero-order chi connectivity index (χ0) is 24.0. The summed E-state index contributed by atoms with van der Waals surface area (Å²) < 4.78 is 6.34. The van der Waals surface area contributed by atoms with E-state index in [0.717, 1.165) is 45.1 Å². The molecule has 2 aliphatic rings. The molecular formula is C25H33N5O4. The van der Waals surface area contributed by atoms with Gasteiger partial charge in [-0.15, -0.1) is 0 Å². The minimum atomic E-state index is -1.90. The lowest BCUT2D eigenvalue weighted by atomic mass is 9.73. The van der Waals surface area contributed by atoms with E-state index in [1.165, 1.54) is 12.7 Å². The van der Waals surface area contributed by atoms with Crippen molar-refractivity contribution >= 4 is 17.8 Å². The van der Waals surface area contributed by atoms with Gasteiger partial charge in [0.1, 0.15) is 19.2 Å². The summed E-state index contributed by atoms with van der Waals surface area (Å²) in [6.07, 6.45) is 8.23. The van der Waals surface area contributed by atoms with Crippen LogP contribution in [0.15, 0.2) is 43.0 Å². The van der Waals surface area contributed by atoms with Crippen molar-refractivity contribution in [3.05, 3.63) is 48.5 Å². The van der Waals surface area contributed by atoms with Crippen LogP contribution in [0.5, 0.6) is 0 Å². The molecule has 182 valence electrons. The Kier molecular flexibility index (Phi) is 7.53. The van der Waals surface area contributed by atoms with Gasteiger partial charge in [0.05, 0.1) is 13.6 Å². The van der Waals surface area contributed by atoms with E-state index in [4.69, 9.17) is 4.74 Å². The van der Waals surface area contributed by atoms with Crippen molar-refractivity contribution < 1.29 is 23.9 Å². The van der Waals surface area contributed by atoms with E-state index in [9.17, 15) is 14.7 Å². The molecule has 1 saturated carbocycles. The molecule has 0 bridgehead atoms. The van der Waals surface area contributed by atoms with Crippen LogP contribution >= 0.6 is 0 Å². The van der Waals surface area contributed by atoms with Gasteiger partial charge in [0.25, 0.3) is 5.91 Å². The van der Waals surface area contributed by atoms with Gasteiger partial charge in [0.2, 0.25) is 5.95 Å². The summed E-state index contributed by atoms with van der Waals surface area (Å²) in [7, 11) is 1.97. The fourth-order valence-electron chi connectivity index (χ4n) is 5.38. The molecule has 4 rings (SSSR count). The molecule has 1 amide bonds. The Balaban J connectivity index is 1.44. The summed E-state index contributed by atoms with van der Waals surface area (Å²) in [6, 6.07) is 8.95. The minimum absolute atomic E-state index is 0.198. The van der Waals surface area contributed by atoms with E-state index in [2.05, 4.69) is 20.3 Å². The van der Waals surface area contributed by atoms with Crippen molar-refractivity contribution in [3.8, 4) is 0 Å². The zero-order valence-corrected chi connectivity index (χ0v) is 19.7. The Morgan fingerprint density at radius 3 is 2.50 bits per heavy atom. The molecule has 2 unspecified atom stereocenters. The fraction of sp³-hybridized carbons (Fsp3) is 0.560. The lowest BCUT2D eigenvalue weighted by Crippen LogP contribution is -2.60. The number of nitrogens with zero attached hydrogens (tertiary/aromatic N) is 4. The molecule has 1 saturated heterocycles. The molecule has 0 spiro atoms. The molecule has 2 fully saturated rings. The summed E-state index contributed by atoms with van der Waals surface area (Å²) in [4.78, 5) is 37.6. The van der Waals surface area contributed by atoms with Crippen LogP contribution in [0.4, 0.5) is 5.95 Å². The molecule has 9 heteroatoms. The number of likely N-dealkylation sites (tertiary alicyclic amines) is 1. The van der Waals surface area contributed by atoms with Crippen LogP contribution in [0.1, 0.15) is 50.5 Å². The fourth-order valence-corrected chi connectivity index (χ4v) is 5.38. The third-order valence-corrected chi connectivity index (χ3v) is 7.10. The van der Waals surface area contributed by atoms with Crippen LogP contribution in [-0.4, -0.2) is 64.1 Å². The molecule has 2 heterocycles. The Morgan fingerprint density at radius 2 is 1.79 bits per heavy atom. The number of likely N-dealkylation sites (N-methyl/N-ethyl adjacent to an activating group) is 1. The Morgan fingerprint density at radius 1 is 1.09 bits per heavy atom. The number of hydrogen-bond donors (Lipinski definition) is 1. The number of quaternary nitrogens is 1. The van der Waals surface area contributed by atoms with Crippen molar-refractivity contribution in [1.82, 2.24) is 15.0 Å². The maximum Gasteiger partial charge on any atom is 0.300 e. The maximum absolute atomic E-state index is 14.2. The van der Waals surface area contributed by atoms with Crippen molar-refractivity contribution in [2.75, 3.05) is 32.0 Å². The molecule has 1 aliphatic heterocycles. The number of carbonyl (C=O) groups is 2. The standard InChI is InChI=1S/C25H33N5O4/c1-30(16-22(31)29-24-27-17-26-18-28-24)14-8-13-21(15-30)34-23(32)25(33,19-9-4-2-5-10-19)20-11-6-3-7-12-20/h2,4-5,9-10,17-18,20-21H,3,6-8,11-16H2,1H3,(H,26,27,28,29,31)/t21?,25?,30-/m1/s1. The van der Waals surface area contributed by atoms with Gasteiger partial charge in [-0.3, -0.25) is 14.9 Å². The van der Waals surface area contributed by atoms with E-state index in [0.29, 0.717) is 23.0 Å². The molecule has 3 atom stereocenters. The molecule has 1 aromatic carbocycles. The topological polar surface area (TPSA) is 117 Å². The summed E-state index contributed by atoms with van der Waals surface area (Å²) in [5.41, 5.74) is -1.42. The molecule has 1 aromatic heterocycles. The number of amides is 1. The SMILES string of the molecule is C[N@@+]1(CC(=O)Nc2ncncn2)CCCC(OC(=O)C([O-])(c2ccccc2)C2CCCCC2)C1. The number of nitrogens with one attached hydrogen (secondary N) is 1. The number of benzene rings is 1. The van der Waals surface area contributed by atoms with Gasteiger partial charge in [-0.05, 0) is 17.9 Å². The van der Waals surface area contributed by atoms with Gasteiger partial charge >= 0.3 is 5.97 Å². The Hall–Kier alpha value is -2.91. The zero-order valence-electron chi connectivity index (χ0n) is 19.7. The number of aromatic nitrogens is 3. The monoisotopic (exact) mass is 467 g/mol. The summed E-state index contributed by atoms with van der Waals surface area (Å²) in [6.45, 7) is 1.46. The summed E-state index contributed by atoms with van der Waals surface area (Å²) in [5, 5.41) is 16.9. The van der Waals surface area contributed by atoms with Crippen molar-refractivity contribution in [2.24, 2.45) is 5.92 Å². The first kappa shape index (κ1) is 24.2. The Bertz CT molecular complexity index is 970. The van der Waals surface area contributed by atoms with E-state index >= 15 is 0 Å². The predicted octanol–water partition coefficient (Wildman–Crippen LogP) is 1.80. The maximum atomic E-state index is 14.2. The number of piperidine rings is 1. The van der Waals surface area contributed by atoms with E-state index < -0.39 is 17.7 Å². The third kappa shape index (κ3) is 5.59. The van der Waals surface area contributed by atoms with Gasteiger partial charge in [-0.1, -0.05) is 62.4 Å². The molecule has 0 radical (unpaired) electrons. The number of rotatable bonds is 7. The molecule has 9 nitrogen and oxygen atoms in total. The van der Waals surface area contributed by atoms with E-state index in [1.807, 2.05) is 13.1 Å². The second-order valence-corrected chi connectivity index (χ2v) is 9.80. The van der Waals surface area contributed by atoms with Gasteiger partial charge in [0.15, 0.2) is 12.6 Å². The van der Waals surface area contributed by atoms with Crippen molar-refractivity contribution in [3.63, 3.8) is 0 Å². The quantitative estimate of drug-likeness (QED) is 0.487. The highest BCUT2D eigenvalue weighted by atomic mass is 16.6. The second kappa shape index (κ2) is 10.6. The smallest absolute Gasteiger partial charge is 0.300 e. The predicted molar refractivity (Wildman–Crippen MR) is 123 cm³/mol. The van der Waals surface area contributed by atoms with Crippen molar-refractivity contribution in [2.45, 2.75) is 56.7 Å². The van der Waals surface area contributed by atoms with Gasteiger partial charge in [-0.2, -0.15) is 0 Å². The lowest BCUT2D eigenvalue weighted by Gasteiger charge is -2.48. The molecule has 34 heavy (non-hydrogen) atoms. The summed E-state index contributed by atoms with van der Waals surface area (Å²) in [5.74, 6) is -0.964. The van der Waals surface area contributed by atoms with Crippen LogP contribution in [0, 0.1) is 5.92 Å². The molecule has 1 N–H and O–H groups in total. The minimum Gasteiger partial charge on any atom is -0.837 e. The van der Waals surface area contributed by atoms with Crippen LogP contribution in [0.3, 0.4) is 0 Å². The first-order valence-corrected chi connectivity index (χ1v) is 12.1. The number of anilines is 1. The molecule has 2 aromatic rings. The number of esters is 1. The Labute approximate surface area is 200 Å². The number of carbonyl (C=O) groups excluding carboxylic acids is 2. The van der Waals surface area contributed by atoms with E-state index in [-0.39, 0.29) is 24.3 Å². The lowest BCUT2D eigenvalue weighted by molar-refractivity contribution is -0.909. The number of ether oxygens (including phenoxy) is 1. The highest BCUT2D eigenvalue weighted by Crippen LogP contribution is 2.39. The molecule has 1 aliphatic carbocycles. The van der Waals surface area contributed by atoms with Crippen LogP contribution < -0.4 is 10.4 Å². The normalized spacial score (nSPS) is 25.2. The highest BCUT2D eigenvalue weighted by molar-refractivity contribution is 5.89. The number of hydrogen-bond acceptors (Lipinski definition) is 7. The van der Waals surface area contributed by atoms with Crippen molar-refractivity contribution in [1.29, 1.82) is 0 Å². The molecular weight excluding hydrogens is 434 g/mol. The second-order valence-electron chi connectivity index (χ2n) is 9.80. The van der Waals surface area contributed by atoms with Gasteiger partial charge in [0, 0.05) is 12.0 Å². The van der Waals surface area contributed by atoms with Crippen LogP contribution in [0.2, 0.25) is 0 Å². The van der Waals surface area contributed by atoms with Gasteiger partial charge in [-0.25, -0.2) is 15.0 Å². The summed E-state index contributed by atoms with van der Waals surface area (Å²) >= 11 is 0. The largest absolute Gasteiger partial charge is 0.837 e. The highest BCUT2D eigenvalue weighted by Gasteiger charge is 2.42. The average Bonchev–Trinajstić information content (AvgIpc) is 2.85. The first-order valence-electron chi connectivity index (χ1n) is 12.1. The van der Waals surface area contributed by atoms with Gasteiger partial charge < -0.3 is 14.3 Å². The third-order valence-electron chi connectivity index (χ3n) is 7.10. The average molecular weight is 468 g/mol. The van der Waals surface area contributed by atoms with Crippen LogP contribution in [-0.2, 0) is 19.9 Å². The van der Waals surface area contributed by atoms with E-state index in [1.54, 1.807) is 24.3 Å². The first-order chi connectivity index (χ1) is 16.4. The van der Waals surface area contributed by atoms with Crippen LogP contribution in [0.25, 0.3) is 0 Å².